The van der Waals surface area contributed by atoms with Crippen molar-refractivity contribution in [2.45, 2.75) is 6.42 Å². The van der Waals surface area contributed by atoms with Crippen LogP contribution in [0.5, 0.6) is 0 Å². The fourth-order valence-corrected chi connectivity index (χ4v) is 0.0713. The second kappa shape index (κ2) is 6.24. The maximum Gasteiger partial charge on any atom is 0.310 e. The number of carbonyl (C=O) groups is 2. The van der Waals surface area contributed by atoms with Crippen molar-refractivity contribution < 1.29 is 47.4 Å². The number of aliphatic carboxylic acids is 1. The number of rotatable bonds is 2. The summed E-state index contributed by atoms with van der Waals surface area (Å²) >= 11 is 0. The second-order valence-corrected chi connectivity index (χ2v) is 0.765. The third-order valence-electron chi connectivity index (χ3n) is 0.258. The smallest absolute Gasteiger partial charge is 0.310 e. The number of aldehydes is 1. The van der Waals surface area contributed by atoms with Crippen molar-refractivity contribution in [1.29, 1.82) is 0 Å². The van der Waals surface area contributed by atoms with Gasteiger partial charge in [-0.3, -0.25) is 4.79 Å². The molecule has 3 nitrogen and oxygen atoms in total. The van der Waals surface area contributed by atoms with Gasteiger partial charge in [-0.25, -0.2) is 0 Å². The van der Waals surface area contributed by atoms with Gasteiger partial charge in [-0.05, 0) is 0 Å². The number of carbonyl (C=O) groups excluding carboxylic acids is 1. The van der Waals surface area contributed by atoms with Crippen LogP contribution < -0.4 is 0 Å². The Morgan fingerprint density at radius 3 is 2.14 bits per heavy atom. The van der Waals surface area contributed by atoms with Crippen LogP contribution in [0.2, 0.25) is 0 Å². The molecule has 0 spiro atoms. The summed E-state index contributed by atoms with van der Waals surface area (Å²) in [6, 6.07) is 0. The van der Waals surface area contributed by atoms with E-state index in [4.69, 9.17) is 5.11 Å². The maximum atomic E-state index is 9.37. The molecular formula is C3H4O3Y. The summed E-state index contributed by atoms with van der Waals surface area (Å²) in [5.41, 5.74) is 0. The molecule has 1 radical (unpaired) electrons. The summed E-state index contributed by atoms with van der Waals surface area (Å²) in [7, 11) is 0. The predicted molar refractivity (Wildman–Crippen MR) is 18.3 cm³/mol. The van der Waals surface area contributed by atoms with E-state index < -0.39 is 5.97 Å². The molecule has 7 heavy (non-hydrogen) atoms. The molecule has 0 fully saturated rings. The van der Waals surface area contributed by atoms with Gasteiger partial charge in [0.05, 0.1) is 0 Å². The van der Waals surface area contributed by atoms with Gasteiger partial charge in [-0.1, -0.05) is 0 Å². The third kappa shape index (κ3) is 10.7. The molecule has 0 aliphatic carbocycles. The van der Waals surface area contributed by atoms with Crippen molar-refractivity contribution in [3.63, 3.8) is 0 Å². The van der Waals surface area contributed by atoms with Crippen molar-refractivity contribution in [2.24, 2.45) is 0 Å². The van der Waals surface area contributed by atoms with Gasteiger partial charge in [-0.15, -0.1) is 0 Å². The maximum absolute atomic E-state index is 9.37. The summed E-state index contributed by atoms with van der Waals surface area (Å²) in [4.78, 5) is 18.6. The molecule has 0 aromatic rings. The molecule has 0 amide bonds. The molecule has 0 aromatic carbocycles. The Bertz CT molecular complexity index is 70.6. The molecule has 0 rings (SSSR count). The van der Waals surface area contributed by atoms with Crippen LogP contribution in [-0.2, 0) is 42.3 Å². The van der Waals surface area contributed by atoms with E-state index >= 15 is 0 Å². The van der Waals surface area contributed by atoms with Gasteiger partial charge >= 0.3 is 5.97 Å². The monoisotopic (exact) mass is 177 g/mol. The van der Waals surface area contributed by atoms with E-state index in [0.29, 0.717) is 6.29 Å². The van der Waals surface area contributed by atoms with E-state index in [1.165, 1.54) is 0 Å². The van der Waals surface area contributed by atoms with Gasteiger partial charge in [0, 0.05) is 32.7 Å². The van der Waals surface area contributed by atoms with E-state index in [1.54, 1.807) is 0 Å². The molecule has 0 saturated carbocycles. The predicted octanol–water partition coefficient (Wildman–Crippen LogP) is -0.343. The molecule has 0 aliphatic rings. The fourth-order valence-electron chi connectivity index (χ4n) is 0.0713. The Morgan fingerprint density at radius 1 is 1.71 bits per heavy atom. The van der Waals surface area contributed by atoms with Crippen LogP contribution in [0.25, 0.3) is 0 Å². The van der Waals surface area contributed by atoms with E-state index in [1.807, 2.05) is 0 Å². The summed E-state index contributed by atoms with van der Waals surface area (Å²) in [6.45, 7) is 0. The molecule has 0 unspecified atom stereocenters. The Kier molecular flexibility index (Phi) is 9.16. The quantitative estimate of drug-likeness (QED) is 0.463. The summed E-state index contributed by atoms with van der Waals surface area (Å²) in [6.07, 6.45) is -0.0394. The van der Waals surface area contributed by atoms with Crippen molar-refractivity contribution in [1.82, 2.24) is 0 Å². The van der Waals surface area contributed by atoms with Crippen LogP contribution >= 0.6 is 0 Å². The van der Waals surface area contributed by atoms with E-state index in [-0.39, 0.29) is 39.1 Å². The topological polar surface area (TPSA) is 54.4 Å². The van der Waals surface area contributed by atoms with Gasteiger partial charge in [-0.2, -0.15) is 0 Å². The summed E-state index contributed by atoms with van der Waals surface area (Å²) < 4.78 is 0. The van der Waals surface area contributed by atoms with E-state index in [2.05, 4.69) is 0 Å². The van der Waals surface area contributed by atoms with Crippen LogP contribution in [0.15, 0.2) is 0 Å². The molecule has 0 heterocycles. The SMILES string of the molecule is O=CCC(=O)O.[Y]. The van der Waals surface area contributed by atoms with Crippen molar-refractivity contribution in [3.8, 4) is 0 Å². The first-order chi connectivity index (χ1) is 2.77. The average Bonchev–Trinajstić information content (AvgIpc) is 1.35. The van der Waals surface area contributed by atoms with E-state index in [9.17, 15) is 9.59 Å². The van der Waals surface area contributed by atoms with Gasteiger partial charge in [0.1, 0.15) is 12.7 Å². The van der Waals surface area contributed by atoms with Gasteiger partial charge in [0.25, 0.3) is 0 Å². The summed E-state index contributed by atoms with van der Waals surface area (Å²) in [5.74, 6) is -1.08. The molecule has 0 saturated heterocycles. The minimum atomic E-state index is -1.08. The normalized spacial score (nSPS) is 6.29. The first-order valence-corrected chi connectivity index (χ1v) is 1.43. The van der Waals surface area contributed by atoms with Gasteiger partial charge < -0.3 is 9.90 Å². The van der Waals surface area contributed by atoms with Crippen LogP contribution in [0.1, 0.15) is 6.42 Å². The van der Waals surface area contributed by atoms with Crippen LogP contribution in [0.3, 0.4) is 0 Å². The Labute approximate surface area is 66.0 Å². The molecule has 0 aliphatic heterocycles. The Hall–Kier alpha value is 0.244. The molecule has 0 aromatic heterocycles. The first kappa shape index (κ1) is 10.3. The minimum Gasteiger partial charge on any atom is -0.481 e. The number of hydrogen-bond acceptors (Lipinski definition) is 2. The zero-order chi connectivity index (χ0) is 4.99. The largest absolute Gasteiger partial charge is 0.481 e. The summed E-state index contributed by atoms with van der Waals surface area (Å²) in [5, 5.41) is 7.68. The van der Waals surface area contributed by atoms with E-state index in [0.717, 1.165) is 0 Å². The molecule has 4 heteroatoms. The zero-order valence-electron chi connectivity index (χ0n) is 3.63. The molecule has 0 atom stereocenters. The standard InChI is InChI=1S/C3H4O3.Y/c4-2-1-3(5)6;/h2H,1H2,(H,5,6);. The van der Waals surface area contributed by atoms with Gasteiger partial charge in [0.15, 0.2) is 0 Å². The van der Waals surface area contributed by atoms with Crippen molar-refractivity contribution in [3.05, 3.63) is 0 Å². The molecular weight excluding hydrogens is 173 g/mol. The van der Waals surface area contributed by atoms with Gasteiger partial charge in [0.2, 0.25) is 0 Å². The Balaban J connectivity index is 0. The Morgan fingerprint density at radius 2 is 2.14 bits per heavy atom. The van der Waals surface area contributed by atoms with Crippen LogP contribution in [-0.4, -0.2) is 17.4 Å². The van der Waals surface area contributed by atoms with Crippen LogP contribution in [0.4, 0.5) is 0 Å². The zero-order valence-corrected chi connectivity index (χ0v) is 6.46. The minimum absolute atomic E-state index is 0. The van der Waals surface area contributed by atoms with Crippen molar-refractivity contribution >= 4 is 12.3 Å². The number of hydrogen-bond donors (Lipinski definition) is 1. The number of carboxylic acid groups (broad SMARTS) is 1. The first-order valence-electron chi connectivity index (χ1n) is 1.43. The number of carboxylic acids is 1. The van der Waals surface area contributed by atoms with Crippen molar-refractivity contribution in [2.75, 3.05) is 0 Å². The molecule has 0 bridgehead atoms. The third-order valence-corrected chi connectivity index (χ3v) is 0.258. The molecule has 1 N–H and O–H groups in total. The van der Waals surface area contributed by atoms with Crippen LogP contribution in [0, 0.1) is 0 Å². The fraction of sp³-hybridized carbons (Fsp3) is 0.333. The average molecular weight is 177 g/mol. The molecule has 37 valence electrons. The second-order valence-electron chi connectivity index (χ2n) is 0.765.